The first-order valence-corrected chi connectivity index (χ1v) is 5.13. The van der Waals surface area contributed by atoms with Crippen molar-refractivity contribution in [1.82, 2.24) is 15.5 Å². The maximum absolute atomic E-state index is 11.3. The number of β-amino-alcohol motifs (C(OH)–C–C–N with tert-alkyl or cyclic N) is 1. The molecule has 2 N–H and O–H groups in total. The lowest BCUT2D eigenvalue weighted by atomic mass is 10.2. The number of esters is 1. The average Bonchev–Trinajstić information content (AvgIpc) is 2.85. The van der Waals surface area contributed by atoms with Crippen LogP contribution in [0.15, 0.2) is 4.52 Å². The van der Waals surface area contributed by atoms with Crippen molar-refractivity contribution >= 4 is 5.97 Å². The molecule has 1 aromatic rings. The lowest BCUT2D eigenvalue weighted by Crippen LogP contribution is -2.15. The molecule has 1 aromatic heterocycles. The van der Waals surface area contributed by atoms with Crippen LogP contribution in [0.3, 0.4) is 0 Å². The van der Waals surface area contributed by atoms with Gasteiger partial charge in [-0.15, -0.1) is 0 Å². The Bertz CT molecular complexity index is 379. The molecule has 1 saturated heterocycles. The third-order valence-electron chi connectivity index (χ3n) is 2.31. The molecule has 7 heteroatoms. The van der Waals surface area contributed by atoms with E-state index in [4.69, 9.17) is 9.26 Å². The van der Waals surface area contributed by atoms with Crippen molar-refractivity contribution in [2.75, 3.05) is 13.2 Å². The van der Waals surface area contributed by atoms with Gasteiger partial charge in [-0.2, -0.15) is 4.98 Å². The topological polar surface area (TPSA) is 97.5 Å². The molecule has 0 saturated carbocycles. The van der Waals surface area contributed by atoms with Gasteiger partial charge in [0.05, 0.1) is 18.8 Å². The largest absolute Gasteiger partial charge is 0.460 e. The standard InChI is InChI=1S/C9H13N3O4/c1-2-15-9(14)7-11-8(16-12-7)6-3-5(13)4-10-6/h5-6,10,13H,2-4H2,1H3/t5-,6-/m1/s1. The lowest BCUT2D eigenvalue weighted by Gasteiger charge is -2.01. The van der Waals surface area contributed by atoms with E-state index in [0.717, 1.165) is 0 Å². The zero-order valence-electron chi connectivity index (χ0n) is 8.84. The van der Waals surface area contributed by atoms with E-state index < -0.39 is 12.1 Å². The van der Waals surface area contributed by atoms with E-state index in [1.165, 1.54) is 0 Å². The van der Waals surface area contributed by atoms with Crippen LogP contribution in [0.5, 0.6) is 0 Å². The minimum Gasteiger partial charge on any atom is -0.460 e. The SMILES string of the molecule is CCOC(=O)c1noc([C@H]2C[C@@H](O)CN2)n1. The van der Waals surface area contributed by atoms with Gasteiger partial charge in [-0.3, -0.25) is 0 Å². The Morgan fingerprint density at radius 1 is 1.75 bits per heavy atom. The molecule has 2 rings (SSSR count). The van der Waals surface area contributed by atoms with E-state index in [-0.39, 0.29) is 18.5 Å². The van der Waals surface area contributed by atoms with Crippen molar-refractivity contribution < 1.29 is 19.2 Å². The fourth-order valence-corrected chi connectivity index (χ4v) is 1.56. The van der Waals surface area contributed by atoms with E-state index in [0.29, 0.717) is 18.9 Å². The Balaban J connectivity index is 2.04. The smallest absolute Gasteiger partial charge is 0.379 e. The second-order valence-corrected chi connectivity index (χ2v) is 3.53. The van der Waals surface area contributed by atoms with Gasteiger partial charge in [0.1, 0.15) is 0 Å². The second kappa shape index (κ2) is 4.58. The molecule has 1 fully saturated rings. The normalized spacial score (nSPS) is 24.6. The van der Waals surface area contributed by atoms with E-state index in [1.807, 2.05) is 0 Å². The number of hydrogen-bond donors (Lipinski definition) is 2. The molecule has 7 nitrogen and oxygen atoms in total. The number of carbonyl (C=O) groups excluding carboxylic acids is 1. The summed E-state index contributed by atoms with van der Waals surface area (Å²) < 4.78 is 9.66. The number of hydrogen-bond acceptors (Lipinski definition) is 7. The van der Waals surface area contributed by atoms with Crippen LogP contribution in [-0.2, 0) is 4.74 Å². The summed E-state index contributed by atoms with van der Waals surface area (Å²) in [5.41, 5.74) is 0. The molecule has 0 radical (unpaired) electrons. The highest BCUT2D eigenvalue weighted by atomic mass is 16.5. The molecule has 0 aromatic carbocycles. The second-order valence-electron chi connectivity index (χ2n) is 3.53. The minimum absolute atomic E-state index is 0.0833. The van der Waals surface area contributed by atoms with E-state index >= 15 is 0 Å². The number of aliphatic hydroxyl groups excluding tert-OH is 1. The minimum atomic E-state index is -0.601. The van der Waals surface area contributed by atoms with Crippen LogP contribution in [0.25, 0.3) is 0 Å². The first-order valence-electron chi connectivity index (χ1n) is 5.13. The Morgan fingerprint density at radius 2 is 2.56 bits per heavy atom. The Labute approximate surface area is 91.8 Å². The molecule has 0 unspecified atom stereocenters. The van der Waals surface area contributed by atoms with Gasteiger partial charge >= 0.3 is 5.97 Å². The van der Waals surface area contributed by atoms with Gasteiger partial charge in [-0.1, -0.05) is 0 Å². The van der Waals surface area contributed by atoms with Crippen LogP contribution in [0.2, 0.25) is 0 Å². The fraction of sp³-hybridized carbons (Fsp3) is 0.667. The molecular weight excluding hydrogens is 214 g/mol. The Kier molecular flexibility index (Phi) is 3.16. The van der Waals surface area contributed by atoms with Crippen LogP contribution < -0.4 is 5.32 Å². The van der Waals surface area contributed by atoms with Gasteiger partial charge in [0.15, 0.2) is 0 Å². The summed E-state index contributed by atoms with van der Waals surface area (Å²) >= 11 is 0. The maximum atomic E-state index is 11.3. The summed E-state index contributed by atoms with van der Waals surface area (Å²) in [5.74, 6) is -0.379. The van der Waals surface area contributed by atoms with E-state index in [9.17, 15) is 9.90 Å². The average molecular weight is 227 g/mol. The van der Waals surface area contributed by atoms with E-state index in [1.54, 1.807) is 6.92 Å². The molecule has 16 heavy (non-hydrogen) atoms. The highest BCUT2D eigenvalue weighted by Crippen LogP contribution is 2.21. The van der Waals surface area contributed by atoms with Crippen LogP contribution in [0.4, 0.5) is 0 Å². The summed E-state index contributed by atoms with van der Waals surface area (Å²) in [7, 11) is 0. The van der Waals surface area contributed by atoms with Gasteiger partial charge in [0.25, 0.3) is 5.82 Å². The van der Waals surface area contributed by atoms with Crippen LogP contribution in [0, 0.1) is 0 Å². The highest BCUT2D eigenvalue weighted by Gasteiger charge is 2.29. The molecule has 0 spiro atoms. The predicted molar refractivity (Wildman–Crippen MR) is 51.6 cm³/mol. The molecule has 2 heterocycles. The maximum Gasteiger partial charge on any atom is 0.379 e. The monoisotopic (exact) mass is 227 g/mol. The van der Waals surface area contributed by atoms with Crippen LogP contribution in [-0.4, -0.2) is 40.5 Å². The van der Waals surface area contributed by atoms with Gasteiger partial charge in [-0.05, 0) is 18.5 Å². The molecular formula is C9H13N3O4. The first kappa shape index (κ1) is 11.0. The summed E-state index contributed by atoms with van der Waals surface area (Å²) in [6.07, 6.45) is 0.0905. The van der Waals surface area contributed by atoms with Crippen molar-refractivity contribution in [2.24, 2.45) is 0 Å². The highest BCUT2D eigenvalue weighted by molar-refractivity contribution is 5.84. The van der Waals surface area contributed by atoms with Crippen molar-refractivity contribution in [1.29, 1.82) is 0 Å². The lowest BCUT2D eigenvalue weighted by molar-refractivity contribution is 0.0508. The van der Waals surface area contributed by atoms with Crippen molar-refractivity contribution in [3.63, 3.8) is 0 Å². The Hall–Kier alpha value is -1.47. The van der Waals surface area contributed by atoms with E-state index in [2.05, 4.69) is 15.5 Å². The summed E-state index contributed by atoms with van der Waals surface area (Å²) in [6.45, 7) is 2.46. The number of nitrogens with zero attached hydrogens (tertiary/aromatic N) is 2. The number of aromatic nitrogens is 2. The molecule has 0 bridgehead atoms. The molecule has 0 amide bonds. The molecule has 1 aliphatic rings. The van der Waals surface area contributed by atoms with Crippen LogP contribution >= 0.6 is 0 Å². The zero-order chi connectivity index (χ0) is 11.5. The summed E-state index contributed by atoms with van der Waals surface area (Å²) in [4.78, 5) is 15.2. The van der Waals surface area contributed by atoms with Gasteiger partial charge in [0, 0.05) is 6.54 Å². The van der Waals surface area contributed by atoms with Crippen molar-refractivity contribution in [3.05, 3.63) is 11.7 Å². The number of ether oxygens (including phenoxy) is 1. The van der Waals surface area contributed by atoms with Gasteiger partial charge in [0.2, 0.25) is 5.89 Å². The quantitative estimate of drug-likeness (QED) is 0.680. The third-order valence-corrected chi connectivity index (χ3v) is 2.31. The molecule has 1 aliphatic heterocycles. The number of aliphatic hydroxyl groups is 1. The van der Waals surface area contributed by atoms with Crippen molar-refractivity contribution in [2.45, 2.75) is 25.5 Å². The first-order chi connectivity index (χ1) is 7.70. The molecule has 2 atom stereocenters. The van der Waals surface area contributed by atoms with Crippen LogP contribution in [0.1, 0.15) is 35.9 Å². The van der Waals surface area contributed by atoms with Crippen molar-refractivity contribution in [3.8, 4) is 0 Å². The summed E-state index contributed by atoms with van der Waals surface area (Å²) in [6, 6.07) is -0.189. The van der Waals surface area contributed by atoms with Gasteiger partial charge < -0.3 is 19.7 Å². The number of rotatable bonds is 3. The fourth-order valence-electron chi connectivity index (χ4n) is 1.56. The number of nitrogens with one attached hydrogen (secondary N) is 1. The molecule has 0 aliphatic carbocycles. The van der Waals surface area contributed by atoms with Gasteiger partial charge in [-0.25, -0.2) is 4.79 Å². The third kappa shape index (κ3) is 2.20. The Morgan fingerprint density at radius 3 is 3.19 bits per heavy atom. The summed E-state index contributed by atoms with van der Waals surface area (Å²) in [5, 5.41) is 15.8. The predicted octanol–water partition coefficient (Wildman–Crippen LogP) is -0.358. The number of carbonyl (C=O) groups is 1. The molecule has 88 valence electrons. The zero-order valence-corrected chi connectivity index (χ0v) is 8.84.